The lowest BCUT2D eigenvalue weighted by Crippen LogP contribution is -2.49. The maximum Gasteiger partial charge on any atom is 0.242 e. The Kier molecular flexibility index (Phi) is 5.11. The molecule has 1 fully saturated rings. The number of rotatable bonds is 5. The zero-order valence-corrected chi connectivity index (χ0v) is 12.0. The lowest BCUT2D eigenvalue weighted by molar-refractivity contribution is -0.130. The number of nitrogens with zero attached hydrogens (tertiary/aromatic N) is 4. The maximum atomic E-state index is 12.2. The summed E-state index contributed by atoms with van der Waals surface area (Å²) in [7, 11) is 1.85. The molecule has 1 aromatic rings. The van der Waals surface area contributed by atoms with E-state index in [4.69, 9.17) is 4.74 Å². The van der Waals surface area contributed by atoms with E-state index in [1.54, 1.807) is 6.07 Å². The van der Waals surface area contributed by atoms with Crippen LogP contribution in [0.2, 0.25) is 0 Å². The summed E-state index contributed by atoms with van der Waals surface area (Å²) in [6.07, 6.45) is 1.45. The van der Waals surface area contributed by atoms with Crippen LogP contribution in [0.1, 0.15) is 6.92 Å². The van der Waals surface area contributed by atoms with Crippen LogP contribution in [0.3, 0.4) is 0 Å². The topological polar surface area (TPSA) is 70.6 Å². The molecule has 1 saturated heterocycles. The Bertz CT molecular complexity index is 448. The molecular formula is C13H21N5O2. The summed E-state index contributed by atoms with van der Waals surface area (Å²) in [4.78, 5) is 24.0. The second kappa shape index (κ2) is 7.04. The monoisotopic (exact) mass is 279 g/mol. The fraction of sp³-hybridized carbons (Fsp3) is 0.615. The second-order valence-electron chi connectivity index (χ2n) is 4.63. The average molecular weight is 279 g/mol. The molecule has 0 aliphatic carbocycles. The molecule has 1 N–H and O–H groups in total. The quantitative estimate of drug-likeness (QED) is 0.801. The van der Waals surface area contributed by atoms with Crippen molar-refractivity contribution in [2.75, 3.05) is 51.3 Å². The SMILES string of the molecule is CCOc1cc(N(C)CC(=O)N2CCNCC2)ncn1. The lowest BCUT2D eigenvalue weighted by Gasteiger charge is -2.29. The zero-order valence-electron chi connectivity index (χ0n) is 12.0. The number of hydrogen-bond acceptors (Lipinski definition) is 6. The number of amides is 1. The highest BCUT2D eigenvalue weighted by Gasteiger charge is 2.18. The minimum atomic E-state index is 0.116. The molecule has 0 unspecified atom stereocenters. The summed E-state index contributed by atoms with van der Waals surface area (Å²) in [6.45, 7) is 6.01. The number of ether oxygens (including phenoxy) is 1. The van der Waals surface area contributed by atoms with E-state index in [1.807, 2.05) is 23.8 Å². The number of aromatic nitrogens is 2. The number of likely N-dealkylation sites (N-methyl/N-ethyl adjacent to an activating group) is 1. The Labute approximate surface area is 118 Å². The van der Waals surface area contributed by atoms with Crippen molar-refractivity contribution in [1.29, 1.82) is 0 Å². The van der Waals surface area contributed by atoms with E-state index in [0.29, 0.717) is 24.8 Å². The first-order chi connectivity index (χ1) is 9.70. The Hall–Kier alpha value is -1.89. The molecule has 2 rings (SSSR count). The molecule has 7 heteroatoms. The number of nitrogens with one attached hydrogen (secondary N) is 1. The average Bonchev–Trinajstić information content (AvgIpc) is 2.48. The van der Waals surface area contributed by atoms with Crippen molar-refractivity contribution in [1.82, 2.24) is 20.2 Å². The molecule has 0 atom stereocenters. The van der Waals surface area contributed by atoms with Gasteiger partial charge in [0.15, 0.2) is 0 Å². The van der Waals surface area contributed by atoms with Gasteiger partial charge in [-0.25, -0.2) is 9.97 Å². The van der Waals surface area contributed by atoms with Crippen LogP contribution in [0.25, 0.3) is 0 Å². The molecule has 0 bridgehead atoms. The zero-order chi connectivity index (χ0) is 14.4. The van der Waals surface area contributed by atoms with Crippen molar-refractivity contribution < 1.29 is 9.53 Å². The van der Waals surface area contributed by atoms with E-state index in [-0.39, 0.29) is 5.91 Å². The molecule has 2 heterocycles. The molecule has 0 radical (unpaired) electrons. The van der Waals surface area contributed by atoms with Gasteiger partial charge >= 0.3 is 0 Å². The Morgan fingerprint density at radius 3 is 2.90 bits per heavy atom. The normalized spacial score (nSPS) is 15.0. The van der Waals surface area contributed by atoms with E-state index in [2.05, 4.69) is 15.3 Å². The molecule has 1 aromatic heterocycles. The van der Waals surface area contributed by atoms with Crippen LogP contribution in [0.5, 0.6) is 5.88 Å². The molecule has 20 heavy (non-hydrogen) atoms. The highest BCUT2D eigenvalue weighted by atomic mass is 16.5. The van der Waals surface area contributed by atoms with Crippen molar-refractivity contribution in [3.05, 3.63) is 12.4 Å². The third kappa shape index (κ3) is 3.80. The first-order valence-electron chi connectivity index (χ1n) is 6.85. The smallest absolute Gasteiger partial charge is 0.242 e. The first kappa shape index (κ1) is 14.5. The Morgan fingerprint density at radius 2 is 2.20 bits per heavy atom. The summed E-state index contributed by atoms with van der Waals surface area (Å²) >= 11 is 0. The maximum absolute atomic E-state index is 12.2. The summed E-state index contributed by atoms with van der Waals surface area (Å²) in [6, 6.07) is 1.74. The van der Waals surface area contributed by atoms with E-state index < -0.39 is 0 Å². The van der Waals surface area contributed by atoms with Gasteiger partial charge in [0.1, 0.15) is 12.1 Å². The van der Waals surface area contributed by atoms with Gasteiger partial charge < -0.3 is 19.9 Å². The van der Waals surface area contributed by atoms with Gasteiger partial charge in [-0.3, -0.25) is 4.79 Å². The van der Waals surface area contributed by atoms with Crippen molar-refractivity contribution in [3.8, 4) is 5.88 Å². The standard InChI is InChI=1S/C13H21N5O2/c1-3-20-12-8-11(15-10-16-12)17(2)9-13(19)18-6-4-14-5-7-18/h8,10,14H,3-7,9H2,1-2H3. The summed E-state index contributed by atoms with van der Waals surface area (Å²) in [5.41, 5.74) is 0. The van der Waals surface area contributed by atoms with Gasteiger partial charge in [-0.2, -0.15) is 0 Å². The number of carbonyl (C=O) groups is 1. The fourth-order valence-electron chi connectivity index (χ4n) is 2.06. The van der Waals surface area contributed by atoms with Gasteiger partial charge in [0.25, 0.3) is 0 Å². The molecular weight excluding hydrogens is 258 g/mol. The third-order valence-corrected chi connectivity index (χ3v) is 3.15. The van der Waals surface area contributed by atoms with Crippen LogP contribution >= 0.6 is 0 Å². The van der Waals surface area contributed by atoms with Gasteiger partial charge in [0.2, 0.25) is 11.8 Å². The first-order valence-corrected chi connectivity index (χ1v) is 6.85. The number of piperazine rings is 1. The molecule has 7 nitrogen and oxygen atoms in total. The fourth-order valence-corrected chi connectivity index (χ4v) is 2.06. The van der Waals surface area contributed by atoms with Crippen molar-refractivity contribution in [3.63, 3.8) is 0 Å². The largest absolute Gasteiger partial charge is 0.478 e. The molecule has 0 spiro atoms. The third-order valence-electron chi connectivity index (χ3n) is 3.15. The summed E-state index contributed by atoms with van der Waals surface area (Å²) in [5, 5.41) is 3.23. The summed E-state index contributed by atoms with van der Waals surface area (Å²) < 4.78 is 5.34. The van der Waals surface area contributed by atoms with Crippen molar-refractivity contribution in [2.45, 2.75) is 6.92 Å². The van der Waals surface area contributed by atoms with E-state index >= 15 is 0 Å². The van der Waals surface area contributed by atoms with E-state index in [0.717, 1.165) is 26.2 Å². The minimum absolute atomic E-state index is 0.116. The summed E-state index contributed by atoms with van der Waals surface area (Å²) in [5.74, 6) is 1.33. The highest BCUT2D eigenvalue weighted by molar-refractivity contribution is 5.81. The number of carbonyl (C=O) groups excluding carboxylic acids is 1. The van der Waals surface area contributed by atoms with Crippen molar-refractivity contribution in [2.24, 2.45) is 0 Å². The van der Waals surface area contributed by atoms with Gasteiger partial charge in [0, 0.05) is 39.3 Å². The molecule has 1 aliphatic heterocycles. The van der Waals surface area contributed by atoms with Crippen LogP contribution in [-0.4, -0.2) is 67.2 Å². The molecule has 1 amide bonds. The van der Waals surface area contributed by atoms with Gasteiger partial charge in [-0.05, 0) is 6.92 Å². The molecule has 0 aromatic carbocycles. The number of anilines is 1. The Morgan fingerprint density at radius 1 is 1.45 bits per heavy atom. The van der Waals surface area contributed by atoms with E-state index in [9.17, 15) is 4.79 Å². The van der Waals surface area contributed by atoms with Crippen LogP contribution in [0.15, 0.2) is 12.4 Å². The van der Waals surface area contributed by atoms with Crippen LogP contribution in [0.4, 0.5) is 5.82 Å². The number of hydrogen-bond donors (Lipinski definition) is 1. The van der Waals surface area contributed by atoms with Crippen LogP contribution < -0.4 is 15.0 Å². The van der Waals surface area contributed by atoms with Gasteiger partial charge in [-0.15, -0.1) is 0 Å². The lowest BCUT2D eigenvalue weighted by atomic mass is 10.3. The highest BCUT2D eigenvalue weighted by Crippen LogP contribution is 2.14. The predicted octanol–water partition coefficient (Wildman–Crippen LogP) is -0.257. The van der Waals surface area contributed by atoms with E-state index in [1.165, 1.54) is 6.33 Å². The van der Waals surface area contributed by atoms with Crippen LogP contribution in [0, 0.1) is 0 Å². The second-order valence-corrected chi connectivity index (χ2v) is 4.63. The molecule has 1 aliphatic rings. The van der Waals surface area contributed by atoms with Crippen LogP contribution in [-0.2, 0) is 4.79 Å². The van der Waals surface area contributed by atoms with Gasteiger partial charge in [0.05, 0.1) is 13.2 Å². The molecule has 0 saturated carbocycles. The predicted molar refractivity (Wildman–Crippen MR) is 75.9 cm³/mol. The van der Waals surface area contributed by atoms with Crippen molar-refractivity contribution >= 4 is 11.7 Å². The molecule has 110 valence electrons. The van der Waals surface area contributed by atoms with Gasteiger partial charge in [-0.1, -0.05) is 0 Å². The minimum Gasteiger partial charge on any atom is -0.478 e. The Balaban J connectivity index is 1.94.